The monoisotopic (exact) mass is 389 g/mol. The van der Waals surface area contributed by atoms with E-state index < -0.39 is 0 Å². The van der Waals surface area contributed by atoms with E-state index in [1.807, 2.05) is 16.7 Å². The molecule has 2 amide bonds. The van der Waals surface area contributed by atoms with Gasteiger partial charge in [-0.2, -0.15) is 5.10 Å². The lowest BCUT2D eigenvalue weighted by Gasteiger charge is -2.41. The van der Waals surface area contributed by atoms with E-state index in [1.165, 1.54) is 25.7 Å². The number of hydrogen-bond acceptors (Lipinski definition) is 5. The molecule has 0 radical (unpaired) electrons. The van der Waals surface area contributed by atoms with Gasteiger partial charge in [0.2, 0.25) is 11.8 Å². The fourth-order valence-corrected chi connectivity index (χ4v) is 5.33. The lowest BCUT2D eigenvalue weighted by molar-refractivity contribution is -0.137. The zero-order chi connectivity index (χ0) is 19.7. The van der Waals surface area contributed by atoms with Gasteiger partial charge >= 0.3 is 0 Å². The van der Waals surface area contributed by atoms with Crippen molar-refractivity contribution in [3.05, 3.63) is 11.6 Å². The van der Waals surface area contributed by atoms with Crippen molar-refractivity contribution in [3.63, 3.8) is 0 Å². The molecule has 8 nitrogen and oxygen atoms in total. The largest absolute Gasteiger partial charge is 0.375 e. The van der Waals surface area contributed by atoms with Gasteiger partial charge in [-0.1, -0.05) is 12.8 Å². The number of fused-ring (bicyclic) bond motifs is 1. The van der Waals surface area contributed by atoms with Gasteiger partial charge in [0.05, 0.1) is 5.41 Å². The van der Waals surface area contributed by atoms with Crippen LogP contribution in [0.5, 0.6) is 0 Å². The molecule has 3 heterocycles. The molecule has 28 heavy (non-hydrogen) atoms. The number of aromatic nitrogens is 3. The number of piperidine rings is 1. The van der Waals surface area contributed by atoms with Gasteiger partial charge in [0.15, 0.2) is 5.82 Å². The summed E-state index contributed by atoms with van der Waals surface area (Å²) in [6, 6.07) is 0. The second-order valence-corrected chi connectivity index (χ2v) is 8.75. The third kappa shape index (κ3) is 3.54. The van der Waals surface area contributed by atoms with E-state index in [9.17, 15) is 9.59 Å². The van der Waals surface area contributed by atoms with Crippen molar-refractivity contribution >= 4 is 11.8 Å². The van der Waals surface area contributed by atoms with Crippen LogP contribution < -0.4 is 0 Å². The van der Waals surface area contributed by atoms with Crippen LogP contribution in [0.2, 0.25) is 0 Å². The number of aromatic amines is 1. The summed E-state index contributed by atoms with van der Waals surface area (Å²) in [6.45, 7) is 4.61. The number of aryl methyl sites for hydroxylation is 1. The molecule has 2 aliphatic heterocycles. The minimum Gasteiger partial charge on any atom is -0.375 e. The first-order valence-electron chi connectivity index (χ1n) is 10.5. The van der Waals surface area contributed by atoms with E-state index in [-0.39, 0.29) is 29.8 Å². The molecule has 0 aromatic carbocycles. The molecule has 3 fully saturated rings. The van der Waals surface area contributed by atoms with Gasteiger partial charge in [-0.05, 0) is 32.1 Å². The van der Waals surface area contributed by atoms with Crippen molar-refractivity contribution < 1.29 is 14.3 Å². The molecule has 1 N–H and O–H groups in total. The molecule has 0 spiro atoms. The van der Waals surface area contributed by atoms with E-state index in [0.717, 1.165) is 18.1 Å². The Morgan fingerprint density at radius 3 is 2.64 bits per heavy atom. The van der Waals surface area contributed by atoms with Gasteiger partial charge in [0.1, 0.15) is 12.4 Å². The number of methoxy groups -OCH3 is 1. The van der Waals surface area contributed by atoms with Crippen molar-refractivity contribution in [2.75, 3.05) is 39.9 Å². The molecule has 1 aromatic heterocycles. The molecule has 154 valence electrons. The van der Waals surface area contributed by atoms with Gasteiger partial charge < -0.3 is 14.5 Å². The first-order chi connectivity index (χ1) is 13.5. The van der Waals surface area contributed by atoms with Crippen molar-refractivity contribution in [3.8, 4) is 0 Å². The van der Waals surface area contributed by atoms with Gasteiger partial charge in [0, 0.05) is 45.6 Å². The molecule has 1 aliphatic carbocycles. The fourth-order valence-electron chi connectivity index (χ4n) is 5.33. The Hall–Kier alpha value is -1.96. The van der Waals surface area contributed by atoms with Crippen molar-refractivity contribution in [1.29, 1.82) is 0 Å². The molecular weight excluding hydrogens is 358 g/mol. The normalized spacial score (nSPS) is 28.0. The predicted octanol–water partition coefficient (Wildman–Crippen LogP) is 1.27. The summed E-state index contributed by atoms with van der Waals surface area (Å²) in [4.78, 5) is 33.9. The number of ether oxygens (including phenoxy) is 1. The molecule has 3 aliphatic rings. The van der Waals surface area contributed by atoms with Gasteiger partial charge in [0.25, 0.3) is 0 Å². The van der Waals surface area contributed by atoms with Crippen LogP contribution in [0.25, 0.3) is 0 Å². The number of amides is 2. The van der Waals surface area contributed by atoms with Crippen LogP contribution in [0.1, 0.15) is 50.2 Å². The summed E-state index contributed by atoms with van der Waals surface area (Å²) < 4.78 is 5.03. The zero-order valence-corrected chi connectivity index (χ0v) is 16.9. The maximum atomic E-state index is 13.0. The topological polar surface area (TPSA) is 91.4 Å². The quantitative estimate of drug-likeness (QED) is 0.819. The number of nitrogens with zero attached hydrogens (tertiary/aromatic N) is 4. The highest BCUT2D eigenvalue weighted by molar-refractivity contribution is 5.78. The van der Waals surface area contributed by atoms with Crippen LogP contribution in [0.4, 0.5) is 0 Å². The second-order valence-electron chi connectivity index (χ2n) is 8.75. The minimum atomic E-state index is -0.264. The molecule has 4 rings (SSSR count). The third-order valence-electron chi connectivity index (χ3n) is 6.92. The lowest BCUT2D eigenvalue weighted by atomic mass is 9.72. The van der Waals surface area contributed by atoms with Crippen molar-refractivity contribution in [2.24, 2.45) is 11.8 Å². The Morgan fingerprint density at radius 2 is 1.96 bits per heavy atom. The Morgan fingerprint density at radius 1 is 1.21 bits per heavy atom. The SMILES string of the molecule is COCC(=O)N1CC[C@@]2(c3n[nH]c(C)n3)CN(C(=O)CC3CCCC3)C[C@H]2C1. The third-order valence-corrected chi connectivity index (χ3v) is 6.92. The maximum Gasteiger partial charge on any atom is 0.248 e. The van der Waals surface area contributed by atoms with E-state index in [2.05, 4.69) is 15.2 Å². The Bertz CT molecular complexity index is 729. The summed E-state index contributed by atoms with van der Waals surface area (Å²) in [5, 5.41) is 7.44. The predicted molar refractivity (Wildman–Crippen MR) is 103 cm³/mol. The van der Waals surface area contributed by atoms with E-state index in [1.54, 1.807) is 7.11 Å². The summed E-state index contributed by atoms with van der Waals surface area (Å²) in [6.07, 6.45) is 6.27. The maximum absolute atomic E-state index is 13.0. The van der Waals surface area contributed by atoms with Gasteiger partial charge in [-0.3, -0.25) is 14.7 Å². The molecule has 2 saturated heterocycles. The van der Waals surface area contributed by atoms with E-state index in [4.69, 9.17) is 4.74 Å². The van der Waals surface area contributed by atoms with Crippen LogP contribution in [0.15, 0.2) is 0 Å². The van der Waals surface area contributed by atoms with Crippen LogP contribution in [0, 0.1) is 18.8 Å². The van der Waals surface area contributed by atoms with Crippen molar-refractivity contribution in [1.82, 2.24) is 25.0 Å². The minimum absolute atomic E-state index is 0.0120. The smallest absolute Gasteiger partial charge is 0.248 e. The molecule has 0 bridgehead atoms. The number of carbonyl (C=O) groups is 2. The number of likely N-dealkylation sites (tertiary alicyclic amines) is 2. The first kappa shape index (κ1) is 19.4. The van der Waals surface area contributed by atoms with E-state index >= 15 is 0 Å². The fraction of sp³-hybridized carbons (Fsp3) is 0.800. The Kier molecular flexibility index (Phi) is 5.40. The highest BCUT2D eigenvalue weighted by Gasteiger charge is 2.54. The average molecular weight is 390 g/mol. The first-order valence-corrected chi connectivity index (χ1v) is 10.5. The molecule has 1 aromatic rings. The molecular formula is C20H31N5O3. The summed E-state index contributed by atoms with van der Waals surface area (Å²) in [7, 11) is 1.54. The van der Waals surface area contributed by atoms with Crippen molar-refractivity contribution in [2.45, 2.75) is 50.9 Å². The second kappa shape index (κ2) is 7.81. The summed E-state index contributed by atoms with van der Waals surface area (Å²) in [5.41, 5.74) is -0.264. The number of rotatable bonds is 5. The van der Waals surface area contributed by atoms with Crippen LogP contribution in [0.3, 0.4) is 0 Å². The number of nitrogens with one attached hydrogen (secondary N) is 1. The molecule has 8 heteroatoms. The lowest BCUT2D eigenvalue weighted by Crippen LogP contribution is -2.52. The van der Waals surface area contributed by atoms with E-state index in [0.29, 0.717) is 38.5 Å². The molecule has 2 atom stereocenters. The number of hydrogen-bond donors (Lipinski definition) is 1. The zero-order valence-electron chi connectivity index (χ0n) is 16.9. The average Bonchev–Trinajstić information content (AvgIpc) is 3.40. The summed E-state index contributed by atoms with van der Waals surface area (Å²) >= 11 is 0. The Labute approximate surface area is 166 Å². The van der Waals surface area contributed by atoms with Gasteiger partial charge in [-0.25, -0.2) is 4.98 Å². The van der Waals surface area contributed by atoms with Crippen LogP contribution >= 0.6 is 0 Å². The highest BCUT2D eigenvalue weighted by Crippen LogP contribution is 2.44. The van der Waals surface area contributed by atoms with Crippen LogP contribution in [-0.2, 0) is 19.7 Å². The standard InChI is InChI=1S/C20H31N5O3/c1-14-21-19(23-22-14)20-7-8-24(18(27)12-28-2)10-16(20)11-25(13-20)17(26)9-15-5-3-4-6-15/h15-16H,3-13H2,1-2H3,(H,21,22,23)/t16-,20-/m1/s1. The highest BCUT2D eigenvalue weighted by atomic mass is 16.5. The van der Waals surface area contributed by atoms with Gasteiger partial charge in [-0.15, -0.1) is 0 Å². The molecule has 1 saturated carbocycles. The van der Waals surface area contributed by atoms with Crippen LogP contribution in [-0.4, -0.2) is 76.7 Å². The Balaban J connectivity index is 1.53. The number of carbonyl (C=O) groups excluding carboxylic acids is 2. The number of H-pyrrole nitrogens is 1. The molecule has 0 unspecified atom stereocenters. The summed E-state index contributed by atoms with van der Waals surface area (Å²) in [5.74, 6) is 2.55.